The van der Waals surface area contributed by atoms with Gasteiger partial charge in [-0.3, -0.25) is 9.36 Å². The molecule has 0 N–H and O–H groups in total. The molecule has 0 radical (unpaired) electrons. The van der Waals surface area contributed by atoms with Crippen LogP contribution in [0.25, 0.3) is 22.7 Å². The van der Waals surface area contributed by atoms with Gasteiger partial charge in [0.25, 0.3) is 0 Å². The van der Waals surface area contributed by atoms with Gasteiger partial charge in [0.05, 0.1) is 22.8 Å². The first-order valence-electron chi connectivity index (χ1n) is 7.96. The number of aromatic nitrogens is 6. The number of Topliss-reactive ketones (excluding diaryl/α,β-unsaturated/α-hetero) is 1. The quantitative estimate of drug-likeness (QED) is 0.401. The number of pyridine rings is 2. The van der Waals surface area contributed by atoms with Crippen LogP contribution in [0.1, 0.15) is 28.7 Å². The number of nitriles is 1. The third kappa shape index (κ3) is 2.84. The summed E-state index contributed by atoms with van der Waals surface area (Å²) in [6, 6.07) is 8.70. The predicted molar refractivity (Wildman–Crippen MR) is 98.2 cm³/mol. The third-order valence-electron chi connectivity index (χ3n) is 4.09. The van der Waals surface area contributed by atoms with Crippen LogP contribution in [0.15, 0.2) is 36.8 Å². The van der Waals surface area contributed by atoms with Crippen LogP contribution in [-0.4, -0.2) is 35.1 Å². The van der Waals surface area contributed by atoms with Crippen molar-refractivity contribution in [1.82, 2.24) is 29.3 Å². The van der Waals surface area contributed by atoms with E-state index in [2.05, 4.69) is 20.1 Å². The molecule has 0 bridgehead atoms. The standard InChI is InChI=1S/C18H12ClN7O/c1-10-5-12(7-20)24-26(10)18-13(11(2)27)3-4-17(23-18)25-9-22-14-6-16(19)21-8-15(14)25/h3-6,8-9H,1-2H3. The molecule has 0 atom stereocenters. The minimum Gasteiger partial charge on any atom is -0.294 e. The molecule has 4 aromatic rings. The van der Waals surface area contributed by atoms with E-state index >= 15 is 0 Å². The molecule has 0 amide bonds. The van der Waals surface area contributed by atoms with Crippen molar-refractivity contribution in [3.8, 4) is 17.7 Å². The number of fused-ring (bicyclic) bond motifs is 1. The van der Waals surface area contributed by atoms with Crippen molar-refractivity contribution in [1.29, 1.82) is 5.26 Å². The largest absolute Gasteiger partial charge is 0.294 e. The fraction of sp³-hybridized carbons (Fsp3) is 0.111. The summed E-state index contributed by atoms with van der Waals surface area (Å²) in [6.45, 7) is 3.26. The number of carbonyl (C=O) groups is 1. The second-order valence-corrected chi connectivity index (χ2v) is 6.29. The lowest BCUT2D eigenvalue weighted by molar-refractivity contribution is 0.101. The Balaban J connectivity index is 1.94. The molecule has 0 aromatic carbocycles. The number of imidazole rings is 1. The molecule has 4 aromatic heterocycles. The van der Waals surface area contributed by atoms with E-state index in [9.17, 15) is 4.79 Å². The average molecular weight is 378 g/mol. The summed E-state index contributed by atoms with van der Waals surface area (Å²) in [5.74, 6) is 0.735. The van der Waals surface area contributed by atoms with Crippen LogP contribution in [0.2, 0.25) is 5.15 Å². The van der Waals surface area contributed by atoms with E-state index in [-0.39, 0.29) is 11.5 Å². The Bertz CT molecular complexity index is 1250. The van der Waals surface area contributed by atoms with Crippen LogP contribution >= 0.6 is 11.6 Å². The Hall–Kier alpha value is -3.57. The van der Waals surface area contributed by atoms with Crippen LogP contribution < -0.4 is 0 Å². The maximum Gasteiger partial charge on any atom is 0.166 e. The highest BCUT2D eigenvalue weighted by molar-refractivity contribution is 6.29. The summed E-state index contributed by atoms with van der Waals surface area (Å²) in [5.41, 5.74) is 2.75. The summed E-state index contributed by atoms with van der Waals surface area (Å²) in [5, 5.41) is 13.7. The molecule has 0 aliphatic heterocycles. The van der Waals surface area contributed by atoms with Gasteiger partial charge in [0.15, 0.2) is 17.3 Å². The second-order valence-electron chi connectivity index (χ2n) is 5.90. The Morgan fingerprint density at radius 1 is 1.26 bits per heavy atom. The lowest BCUT2D eigenvalue weighted by Gasteiger charge is -2.11. The highest BCUT2D eigenvalue weighted by atomic mass is 35.5. The molecule has 0 aliphatic carbocycles. The highest BCUT2D eigenvalue weighted by Gasteiger charge is 2.17. The molecule has 0 saturated heterocycles. The molecular formula is C18H12ClN7O. The number of aryl methyl sites for hydroxylation is 1. The van der Waals surface area contributed by atoms with Crippen molar-refractivity contribution >= 4 is 28.4 Å². The van der Waals surface area contributed by atoms with Crippen LogP contribution in [0.5, 0.6) is 0 Å². The van der Waals surface area contributed by atoms with Crippen LogP contribution in [0.4, 0.5) is 0 Å². The van der Waals surface area contributed by atoms with Gasteiger partial charge < -0.3 is 0 Å². The molecule has 0 unspecified atom stereocenters. The third-order valence-corrected chi connectivity index (χ3v) is 4.30. The minimum atomic E-state index is -0.151. The van der Waals surface area contributed by atoms with Gasteiger partial charge in [0.1, 0.15) is 23.4 Å². The Morgan fingerprint density at radius 2 is 2.07 bits per heavy atom. The molecule has 27 heavy (non-hydrogen) atoms. The minimum absolute atomic E-state index is 0.151. The van der Waals surface area contributed by atoms with Crippen LogP contribution in [-0.2, 0) is 0 Å². The Morgan fingerprint density at radius 3 is 2.78 bits per heavy atom. The number of carbonyl (C=O) groups excluding carboxylic acids is 1. The predicted octanol–water partition coefficient (Wildman–Crippen LogP) is 3.04. The maximum absolute atomic E-state index is 12.1. The summed E-state index contributed by atoms with van der Waals surface area (Å²) >= 11 is 5.92. The van der Waals surface area contributed by atoms with Gasteiger partial charge in [-0.25, -0.2) is 19.6 Å². The van der Waals surface area contributed by atoms with Crippen molar-refractivity contribution in [3.63, 3.8) is 0 Å². The number of hydrogen-bond donors (Lipinski definition) is 0. The normalized spacial score (nSPS) is 10.9. The Labute approximate surface area is 158 Å². The number of ketones is 1. The lowest BCUT2D eigenvalue weighted by atomic mass is 10.2. The maximum atomic E-state index is 12.1. The SMILES string of the molecule is CC(=O)c1ccc(-n2cnc3cc(Cl)ncc32)nc1-n1nc(C#N)cc1C. The summed E-state index contributed by atoms with van der Waals surface area (Å²) < 4.78 is 3.24. The van der Waals surface area contributed by atoms with Gasteiger partial charge >= 0.3 is 0 Å². The van der Waals surface area contributed by atoms with Crippen LogP contribution in [0.3, 0.4) is 0 Å². The fourth-order valence-corrected chi connectivity index (χ4v) is 2.97. The molecule has 8 nitrogen and oxygen atoms in total. The first-order chi connectivity index (χ1) is 13.0. The molecule has 0 aliphatic rings. The zero-order valence-corrected chi connectivity index (χ0v) is 15.1. The van der Waals surface area contributed by atoms with Gasteiger partial charge in [-0.1, -0.05) is 11.6 Å². The fourth-order valence-electron chi connectivity index (χ4n) is 2.82. The monoisotopic (exact) mass is 377 g/mol. The van der Waals surface area contributed by atoms with E-state index in [0.717, 1.165) is 5.52 Å². The molecule has 9 heteroatoms. The molecule has 132 valence electrons. The Kier molecular flexibility index (Phi) is 3.94. The van der Waals surface area contributed by atoms with Crippen molar-refractivity contribution in [2.45, 2.75) is 13.8 Å². The number of hydrogen-bond acceptors (Lipinski definition) is 6. The molecular weight excluding hydrogens is 366 g/mol. The lowest BCUT2D eigenvalue weighted by Crippen LogP contribution is -2.11. The van der Waals surface area contributed by atoms with E-state index in [0.29, 0.717) is 33.6 Å². The molecule has 0 saturated carbocycles. The molecule has 4 heterocycles. The first-order valence-corrected chi connectivity index (χ1v) is 8.34. The summed E-state index contributed by atoms with van der Waals surface area (Å²) in [6.07, 6.45) is 3.22. The first kappa shape index (κ1) is 16.9. The molecule has 4 rings (SSSR count). The van der Waals surface area contributed by atoms with E-state index < -0.39 is 0 Å². The van der Waals surface area contributed by atoms with Crippen LogP contribution in [0, 0.1) is 18.3 Å². The van der Waals surface area contributed by atoms with E-state index in [1.807, 2.05) is 6.07 Å². The van der Waals surface area contributed by atoms with E-state index in [1.54, 1.807) is 48.3 Å². The highest BCUT2D eigenvalue weighted by Crippen LogP contribution is 2.22. The zero-order chi connectivity index (χ0) is 19.1. The van der Waals surface area contributed by atoms with E-state index in [1.165, 1.54) is 11.6 Å². The van der Waals surface area contributed by atoms with Crippen molar-refractivity contribution in [3.05, 3.63) is 58.9 Å². The topological polar surface area (TPSA) is 102 Å². The number of rotatable bonds is 3. The molecule has 0 fully saturated rings. The smallest absolute Gasteiger partial charge is 0.166 e. The van der Waals surface area contributed by atoms with Crippen molar-refractivity contribution in [2.24, 2.45) is 0 Å². The molecule has 0 spiro atoms. The van der Waals surface area contributed by atoms with Gasteiger partial charge in [-0.15, -0.1) is 0 Å². The van der Waals surface area contributed by atoms with E-state index in [4.69, 9.17) is 16.9 Å². The van der Waals surface area contributed by atoms with Gasteiger partial charge in [0, 0.05) is 11.8 Å². The number of nitrogens with zero attached hydrogens (tertiary/aromatic N) is 7. The van der Waals surface area contributed by atoms with Crippen molar-refractivity contribution in [2.75, 3.05) is 0 Å². The zero-order valence-electron chi connectivity index (χ0n) is 14.4. The van der Waals surface area contributed by atoms with Gasteiger partial charge in [-0.05, 0) is 32.0 Å². The van der Waals surface area contributed by atoms with Gasteiger partial charge in [0.2, 0.25) is 0 Å². The average Bonchev–Trinajstić information content (AvgIpc) is 3.23. The van der Waals surface area contributed by atoms with Gasteiger partial charge in [-0.2, -0.15) is 10.4 Å². The van der Waals surface area contributed by atoms with Crippen molar-refractivity contribution < 1.29 is 4.79 Å². The summed E-state index contributed by atoms with van der Waals surface area (Å²) in [7, 11) is 0. The second kappa shape index (κ2) is 6.30. The summed E-state index contributed by atoms with van der Waals surface area (Å²) in [4.78, 5) is 25.1. The number of halogens is 1.